The Morgan fingerprint density at radius 2 is 2.26 bits per heavy atom. The lowest BCUT2D eigenvalue weighted by Crippen LogP contribution is -1.94. The summed E-state index contributed by atoms with van der Waals surface area (Å²) in [5, 5.41) is 9.10. The van der Waals surface area contributed by atoms with Crippen molar-refractivity contribution in [1.29, 1.82) is 0 Å². The maximum Gasteiger partial charge on any atom is 0.176 e. The van der Waals surface area contributed by atoms with E-state index in [-0.39, 0.29) is 0 Å². The molecule has 94 valence electrons. The Morgan fingerprint density at radius 3 is 3.00 bits per heavy atom. The second-order valence-electron chi connectivity index (χ2n) is 4.66. The normalized spacial score (nSPS) is 14.9. The van der Waals surface area contributed by atoms with Gasteiger partial charge >= 0.3 is 0 Å². The van der Waals surface area contributed by atoms with E-state index in [2.05, 4.69) is 21.2 Å². The fourth-order valence-electron chi connectivity index (χ4n) is 2.20. The van der Waals surface area contributed by atoms with Crippen molar-refractivity contribution in [3.05, 3.63) is 34.0 Å². The van der Waals surface area contributed by atoms with Gasteiger partial charge in [0.25, 0.3) is 0 Å². The average Bonchev–Trinajstić information content (AvgIpc) is 3.19. The third-order valence-electron chi connectivity index (χ3n) is 3.25. The van der Waals surface area contributed by atoms with Gasteiger partial charge in [-0.25, -0.2) is 9.97 Å². The number of rotatable bonds is 2. The quantitative estimate of drug-likeness (QED) is 0.730. The van der Waals surface area contributed by atoms with Crippen molar-refractivity contribution in [1.82, 2.24) is 20.2 Å². The van der Waals surface area contributed by atoms with Gasteiger partial charge in [-0.1, -0.05) is 11.3 Å². The standard InChI is InChI=1S/C13H10N4S2/c18-13-17-16-12(19-13)9-6-8-2-1-5-14-11(8)15-10(9)7-3-4-7/h1-2,5-7H,3-4H2,(H,17,18). The van der Waals surface area contributed by atoms with Crippen LogP contribution in [0.5, 0.6) is 0 Å². The van der Waals surface area contributed by atoms with Crippen molar-refractivity contribution in [3.63, 3.8) is 0 Å². The zero-order valence-electron chi connectivity index (χ0n) is 9.96. The number of hydrogen-bond donors (Lipinski definition) is 1. The van der Waals surface area contributed by atoms with Crippen molar-refractivity contribution in [2.75, 3.05) is 0 Å². The molecule has 19 heavy (non-hydrogen) atoms. The number of pyridine rings is 2. The first-order valence-electron chi connectivity index (χ1n) is 6.13. The van der Waals surface area contributed by atoms with Crippen molar-refractivity contribution >= 4 is 34.6 Å². The van der Waals surface area contributed by atoms with Gasteiger partial charge in [0.1, 0.15) is 5.01 Å². The zero-order chi connectivity index (χ0) is 12.8. The van der Waals surface area contributed by atoms with E-state index in [1.165, 1.54) is 24.2 Å². The first-order chi connectivity index (χ1) is 9.31. The van der Waals surface area contributed by atoms with Crippen LogP contribution < -0.4 is 0 Å². The van der Waals surface area contributed by atoms with Gasteiger partial charge < -0.3 is 0 Å². The molecule has 0 aliphatic heterocycles. The topological polar surface area (TPSA) is 54.5 Å². The minimum absolute atomic E-state index is 0.555. The van der Waals surface area contributed by atoms with E-state index in [4.69, 9.17) is 17.2 Å². The van der Waals surface area contributed by atoms with E-state index in [9.17, 15) is 0 Å². The van der Waals surface area contributed by atoms with E-state index in [0.29, 0.717) is 9.87 Å². The lowest BCUT2D eigenvalue weighted by Gasteiger charge is -2.06. The van der Waals surface area contributed by atoms with Crippen LogP contribution in [0.1, 0.15) is 24.5 Å². The number of fused-ring (bicyclic) bond motifs is 1. The molecule has 3 heterocycles. The zero-order valence-corrected chi connectivity index (χ0v) is 11.6. The fraction of sp³-hybridized carbons (Fsp3) is 0.231. The molecule has 0 amide bonds. The molecule has 1 aliphatic carbocycles. The minimum atomic E-state index is 0.555. The highest BCUT2D eigenvalue weighted by Gasteiger charge is 2.29. The molecule has 0 saturated heterocycles. The van der Waals surface area contributed by atoms with Crippen LogP contribution in [0.2, 0.25) is 0 Å². The molecular formula is C13H10N4S2. The summed E-state index contributed by atoms with van der Waals surface area (Å²) in [5.74, 6) is 0.555. The van der Waals surface area contributed by atoms with Crippen molar-refractivity contribution in [2.45, 2.75) is 18.8 Å². The van der Waals surface area contributed by atoms with Gasteiger partial charge in [0, 0.05) is 23.1 Å². The highest BCUT2D eigenvalue weighted by Crippen LogP contribution is 2.44. The summed E-state index contributed by atoms with van der Waals surface area (Å²) >= 11 is 6.62. The summed E-state index contributed by atoms with van der Waals surface area (Å²) in [7, 11) is 0. The number of nitrogens with zero attached hydrogens (tertiary/aromatic N) is 3. The van der Waals surface area contributed by atoms with Crippen LogP contribution in [0.3, 0.4) is 0 Å². The van der Waals surface area contributed by atoms with Crippen LogP contribution >= 0.6 is 23.6 Å². The molecule has 1 N–H and O–H groups in total. The monoisotopic (exact) mass is 286 g/mol. The van der Waals surface area contributed by atoms with Gasteiger partial charge in [-0.3, -0.25) is 5.10 Å². The van der Waals surface area contributed by atoms with Gasteiger partial charge in [0.05, 0.1) is 5.69 Å². The molecule has 1 aliphatic rings. The highest BCUT2D eigenvalue weighted by atomic mass is 32.1. The van der Waals surface area contributed by atoms with Gasteiger partial charge in [0.2, 0.25) is 0 Å². The van der Waals surface area contributed by atoms with Crippen LogP contribution in [0.25, 0.3) is 21.6 Å². The second kappa shape index (κ2) is 4.18. The Morgan fingerprint density at radius 1 is 1.37 bits per heavy atom. The summed E-state index contributed by atoms with van der Waals surface area (Å²) in [6.45, 7) is 0. The molecule has 0 aromatic carbocycles. The third kappa shape index (κ3) is 1.97. The third-order valence-corrected chi connectivity index (χ3v) is 4.37. The molecule has 0 unspecified atom stereocenters. The summed E-state index contributed by atoms with van der Waals surface area (Å²) in [6.07, 6.45) is 4.19. The lowest BCUT2D eigenvalue weighted by molar-refractivity contribution is 1.02. The number of aromatic amines is 1. The predicted octanol–water partition coefficient (Wildman–Crippen LogP) is 3.69. The maximum atomic E-state index is 5.12. The Kier molecular flexibility index (Phi) is 2.46. The average molecular weight is 286 g/mol. The summed E-state index contributed by atoms with van der Waals surface area (Å²) in [4.78, 5) is 9.07. The Bertz CT molecular complexity index is 817. The molecule has 3 aromatic heterocycles. The van der Waals surface area contributed by atoms with E-state index >= 15 is 0 Å². The van der Waals surface area contributed by atoms with E-state index in [1.807, 2.05) is 12.1 Å². The molecule has 0 bridgehead atoms. The van der Waals surface area contributed by atoms with E-state index in [0.717, 1.165) is 27.3 Å². The Hall–Kier alpha value is -1.66. The fourth-order valence-corrected chi connectivity index (χ4v) is 3.12. The van der Waals surface area contributed by atoms with Crippen LogP contribution in [-0.2, 0) is 0 Å². The van der Waals surface area contributed by atoms with E-state index < -0.39 is 0 Å². The smallest absolute Gasteiger partial charge is 0.176 e. The maximum absolute atomic E-state index is 5.12. The second-order valence-corrected chi connectivity index (χ2v) is 6.33. The largest absolute Gasteiger partial charge is 0.258 e. The highest BCUT2D eigenvalue weighted by molar-refractivity contribution is 7.73. The molecule has 1 saturated carbocycles. The molecule has 1 fully saturated rings. The Labute approximate surface area is 118 Å². The van der Waals surface area contributed by atoms with Crippen molar-refractivity contribution < 1.29 is 0 Å². The molecule has 3 aromatic rings. The van der Waals surface area contributed by atoms with Crippen LogP contribution in [0.4, 0.5) is 0 Å². The minimum Gasteiger partial charge on any atom is -0.258 e. The predicted molar refractivity (Wildman–Crippen MR) is 77.8 cm³/mol. The molecular weight excluding hydrogens is 276 g/mol. The van der Waals surface area contributed by atoms with Crippen LogP contribution in [0, 0.1) is 3.95 Å². The van der Waals surface area contributed by atoms with Gasteiger partial charge in [-0.15, -0.1) is 0 Å². The summed E-state index contributed by atoms with van der Waals surface area (Å²) in [5.41, 5.74) is 3.02. The first-order valence-corrected chi connectivity index (χ1v) is 7.35. The number of H-pyrrole nitrogens is 1. The van der Waals surface area contributed by atoms with Crippen molar-refractivity contribution in [2.24, 2.45) is 0 Å². The molecule has 0 radical (unpaired) electrons. The molecule has 6 heteroatoms. The summed E-state index contributed by atoms with van der Waals surface area (Å²) < 4.78 is 0.697. The number of aromatic nitrogens is 4. The molecule has 0 spiro atoms. The molecule has 0 atom stereocenters. The Balaban J connectivity index is 2.01. The first kappa shape index (κ1) is 11.2. The van der Waals surface area contributed by atoms with Crippen LogP contribution in [-0.4, -0.2) is 20.2 Å². The van der Waals surface area contributed by atoms with E-state index in [1.54, 1.807) is 6.20 Å². The van der Waals surface area contributed by atoms with Gasteiger partial charge in [-0.05, 0) is 43.3 Å². The number of nitrogens with one attached hydrogen (secondary N) is 1. The molecule has 4 nitrogen and oxygen atoms in total. The summed E-state index contributed by atoms with van der Waals surface area (Å²) in [6, 6.07) is 6.09. The van der Waals surface area contributed by atoms with Crippen molar-refractivity contribution in [3.8, 4) is 10.6 Å². The van der Waals surface area contributed by atoms with Gasteiger partial charge in [-0.2, -0.15) is 5.10 Å². The lowest BCUT2D eigenvalue weighted by atomic mass is 10.1. The van der Waals surface area contributed by atoms with Crippen LogP contribution in [0.15, 0.2) is 24.4 Å². The SMILES string of the molecule is S=c1[nH]nc(-c2cc3cccnc3nc2C2CC2)s1. The number of hydrogen-bond acceptors (Lipinski definition) is 5. The molecule has 4 rings (SSSR count). The van der Waals surface area contributed by atoms with Gasteiger partial charge in [0.15, 0.2) is 9.60 Å².